The van der Waals surface area contributed by atoms with Crippen LogP contribution in [0.1, 0.15) is 28.5 Å². The van der Waals surface area contributed by atoms with Gasteiger partial charge in [-0.1, -0.05) is 0 Å². The summed E-state index contributed by atoms with van der Waals surface area (Å²) in [5.41, 5.74) is 7.15. The van der Waals surface area contributed by atoms with Crippen LogP contribution in [-0.2, 0) is 11.2 Å². The smallest absolute Gasteiger partial charge is 0.240 e. The third-order valence-electron chi connectivity index (χ3n) is 3.75. The van der Waals surface area contributed by atoms with Crippen LogP contribution in [0.25, 0.3) is 0 Å². The molecule has 1 atom stereocenters. The van der Waals surface area contributed by atoms with E-state index >= 15 is 0 Å². The van der Waals surface area contributed by atoms with Crippen molar-refractivity contribution in [3.05, 3.63) is 21.9 Å². The minimum absolute atomic E-state index is 0.0364. The Kier molecular flexibility index (Phi) is 3.63. The summed E-state index contributed by atoms with van der Waals surface area (Å²) in [6.45, 7) is 1.66. The first-order chi connectivity index (χ1) is 8.75. The van der Waals surface area contributed by atoms with E-state index in [1.807, 2.05) is 4.90 Å². The lowest BCUT2D eigenvalue weighted by Crippen LogP contribution is -2.44. The summed E-state index contributed by atoms with van der Waals surface area (Å²) in [6.07, 6.45) is 3.01. The zero-order valence-electron chi connectivity index (χ0n) is 10.3. The maximum Gasteiger partial charge on any atom is 0.240 e. The number of rotatable bonds is 1. The molecule has 5 heteroatoms. The van der Waals surface area contributed by atoms with Crippen LogP contribution in [-0.4, -0.2) is 35.7 Å². The quantitative estimate of drug-likeness (QED) is 0.857. The fourth-order valence-electron chi connectivity index (χ4n) is 2.64. The predicted molar refractivity (Wildman–Crippen MR) is 77.0 cm³/mol. The van der Waals surface area contributed by atoms with E-state index in [0.717, 1.165) is 38.1 Å². The zero-order chi connectivity index (χ0) is 12.5. The lowest BCUT2D eigenvalue weighted by molar-refractivity contribution is -0.131. The van der Waals surface area contributed by atoms with Crippen molar-refractivity contribution < 1.29 is 4.79 Å². The molecule has 2 aliphatic heterocycles. The highest BCUT2D eigenvalue weighted by atomic mass is 32.2. The van der Waals surface area contributed by atoms with Gasteiger partial charge in [-0.15, -0.1) is 23.1 Å². The topological polar surface area (TPSA) is 46.3 Å². The van der Waals surface area contributed by atoms with Crippen molar-refractivity contribution in [2.45, 2.75) is 30.6 Å². The number of hydrogen-bond donors (Lipinski definition) is 1. The van der Waals surface area contributed by atoms with Crippen molar-refractivity contribution in [1.82, 2.24) is 4.90 Å². The average Bonchev–Trinajstić information content (AvgIpc) is 2.87. The van der Waals surface area contributed by atoms with Gasteiger partial charge in [-0.25, -0.2) is 0 Å². The zero-order valence-corrected chi connectivity index (χ0v) is 11.9. The van der Waals surface area contributed by atoms with E-state index in [1.54, 1.807) is 23.1 Å². The van der Waals surface area contributed by atoms with Crippen LogP contribution in [0, 0.1) is 0 Å². The van der Waals surface area contributed by atoms with Crippen LogP contribution < -0.4 is 5.73 Å². The summed E-state index contributed by atoms with van der Waals surface area (Å²) in [4.78, 5) is 16.0. The van der Waals surface area contributed by atoms with E-state index in [2.05, 4.69) is 11.4 Å². The summed E-state index contributed by atoms with van der Waals surface area (Å²) < 4.78 is 0. The van der Waals surface area contributed by atoms with Gasteiger partial charge in [0, 0.05) is 24.0 Å². The minimum Gasteiger partial charge on any atom is -0.341 e. The fraction of sp³-hybridized carbons (Fsp3) is 0.615. The second-order valence-electron chi connectivity index (χ2n) is 4.96. The van der Waals surface area contributed by atoms with E-state index in [1.165, 1.54) is 10.4 Å². The number of carbonyl (C=O) groups is 1. The molecule has 3 rings (SSSR count). The highest BCUT2D eigenvalue weighted by molar-refractivity contribution is 8.00. The summed E-state index contributed by atoms with van der Waals surface area (Å²) in [6, 6.07) is 2.41. The summed E-state index contributed by atoms with van der Waals surface area (Å²) in [5, 5.41) is 2.15. The number of aryl methyl sites for hydroxylation is 1. The maximum absolute atomic E-state index is 12.6. The summed E-state index contributed by atoms with van der Waals surface area (Å²) >= 11 is 3.59. The maximum atomic E-state index is 12.6. The molecule has 1 saturated heterocycles. The number of thioether (sulfide) groups is 1. The third-order valence-corrected chi connectivity index (χ3v) is 5.98. The predicted octanol–water partition coefficient (Wildman–Crippen LogP) is 2.03. The lowest BCUT2D eigenvalue weighted by atomic mass is 10.0. The van der Waals surface area contributed by atoms with E-state index in [-0.39, 0.29) is 11.3 Å². The van der Waals surface area contributed by atoms with Gasteiger partial charge in [0.15, 0.2) is 0 Å². The highest BCUT2D eigenvalue weighted by Crippen LogP contribution is 2.40. The molecule has 0 saturated carbocycles. The van der Waals surface area contributed by atoms with E-state index in [9.17, 15) is 4.79 Å². The molecule has 0 bridgehead atoms. The van der Waals surface area contributed by atoms with Gasteiger partial charge in [0.25, 0.3) is 0 Å². The fourth-order valence-corrected chi connectivity index (χ4v) is 5.01. The van der Waals surface area contributed by atoms with Crippen LogP contribution in [0.2, 0.25) is 0 Å². The normalized spacial score (nSPS) is 24.9. The van der Waals surface area contributed by atoms with E-state index in [0.29, 0.717) is 5.91 Å². The second-order valence-corrected chi connectivity index (χ2v) is 7.18. The van der Waals surface area contributed by atoms with Crippen LogP contribution in [0.5, 0.6) is 0 Å². The van der Waals surface area contributed by atoms with Gasteiger partial charge in [-0.3, -0.25) is 4.79 Å². The first-order valence-electron chi connectivity index (χ1n) is 6.48. The number of likely N-dealkylation sites (tertiary alicyclic amines) is 1. The van der Waals surface area contributed by atoms with Crippen molar-refractivity contribution in [3.8, 4) is 0 Å². The van der Waals surface area contributed by atoms with Gasteiger partial charge in [-0.05, 0) is 42.0 Å². The van der Waals surface area contributed by atoms with Crippen LogP contribution in [0.4, 0.5) is 0 Å². The SMILES string of the molecule is NC1CCN(C(=O)C2SCCc3sccc32)CC1. The number of nitrogens with zero attached hydrogens (tertiary/aromatic N) is 1. The monoisotopic (exact) mass is 282 g/mol. The summed E-state index contributed by atoms with van der Waals surface area (Å²) in [7, 11) is 0. The van der Waals surface area contributed by atoms with E-state index in [4.69, 9.17) is 5.73 Å². The number of piperidine rings is 1. The Balaban J connectivity index is 1.74. The lowest BCUT2D eigenvalue weighted by Gasteiger charge is -2.33. The number of amides is 1. The van der Waals surface area contributed by atoms with Crippen LogP contribution >= 0.6 is 23.1 Å². The molecule has 98 valence electrons. The standard InChI is InChI=1S/C13H18N2OS2/c14-9-1-5-15(6-2-9)13(16)12-10-3-7-17-11(10)4-8-18-12/h3,7,9,12H,1-2,4-6,8,14H2. The van der Waals surface area contributed by atoms with Crippen molar-refractivity contribution in [1.29, 1.82) is 0 Å². The molecule has 1 aromatic rings. The molecule has 0 radical (unpaired) electrons. The van der Waals surface area contributed by atoms with Crippen molar-refractivity contribution >= 4 is 29.0 Å². The summed E-state index contributed by atoms with van der Waals surface area (Å²) in [5.74, 6) is 1.36. The Morgan fingerprint density at radius 3 is 2.94 bits per heavy atom. The highest BCUT2D eigenvalue weighted by Gasteiger charge is 2.32. The molecule has 1 fully saturated rings. The number of carbonyl (C=O) groups excluding carboxylic acids is 1. The molecule has 2 aliphatic rings. The molecule has 3 nitrogen and oxygen atoms in total. The van der Waals surface area contributed by atoms with Gasteiger partial charge >= 0.3 is 0 Å². The minimum atomic E-state index is 0.0364. The Hall–Kier alpha value is -0.520. The van der Waals surface area contributed by atoms with Crippen LogP contribution in [0.3, 0.4) is 0 Å². The van der Waals surface area contributed by atoms with Gasteiger partial charge in [-0.2, -0.15) is 0 Å². The van der Waals surface area contributed by atoms with Gasteiger partial charge in [0.2, 0.25) is 5.91 Å². The molecule has 18 heavy (non-hydrogen) atoms. The number of fused-ring (bicyclic) bond motifs is 1. The number of hydrogen-bond acceptors (Lipinski definition) is 4. The van der Waals surface area contributed by atoms with Crippen molar-refractivity contribution in [2.24, 2.45) is 5.73 Å². The molecule has 1 unspecified atom stereocenters. The Labute approximate surface area is 116 Å². The second kappa shape index (κ2) is 5.23. The molecule has 1 aromatic heterocycles. The average molecular weight is 282 g/mol. The van der Waals surface area contributed by atoms with E-state index < -0.39 is 0 Å². The first-order valence-corrected chi connectivity index (χ1v) is 8.41. The molecule has 1 amide bonds. The molecule has 3 heterocycles. The molecular formula is C13H18N2OS2. The van der Waals surface area contributed by atoms with Gasteiger partial charge in [0.05, 0.1) is 0 Å². The van der Waals surface area contributed by atoms with Gasteiger partial charge in [0.1, 0.15) is 5.25 Å². The molecule has 0 aliphatic carbocycles. The molecule has 0 spiro atoms. The van der Waals surface area contributed by atoms with Crippen LogP contribution in [0.15, 0.2) is 11.4 Å². The van der Waals surface area contributed by atoms with Crippen molar-refractivity contribution in [3.63, 3.8) is 0 Å². The number of nitrogens with two attached hydrogens (primary N) is 1. The Morgan fingerprint density at radius 1 is 1.39 bits per heavy atom. The van der Waals surface area contributed by atoms with Gasteiger partial charge < -0.3 is 10.6 Å². The first kappa shape index (κ1) is 12.5. The Morgan fingerprint density at radius 2 is 2.17 bits per heavy atom. The molecule has 0 aromatic carbocycles. The largest absolute Gasteiger partial charge is 0.341 e. The molecule has 2 N–H and O–H groups in total. The third kappa shape index (κ3) is 2.31. The Bertz CT molecular complexity index is 438. The molecular weight excluding hydrogens is 264 g/mol. The van der Waals surface area contributed by atoms with Crippen molar-refractivity contribution in [2.75, 3.05) is 18.8 Å². The number of thiophene rings is 1.